The molecule has 1 aromatic heterocycles. The van der Waals surface area contributed by atoms with E-state index < -0.39 is 0 Å². The molecule has 0 aliphatic carbocycles. The van der Waals surface area contributed by atoms with Crippen molar-refractivity contribution in [1.82, 2.24) is 4.98 Å². The average Bonchev–Trinajstić information content (AvgIpc) is 2.53. The molecule has 0 aliphatic rings. The van der Waals surface area contributed by atoms with E-state index in [2.05, 4.69) is 10.3 Å². The quantitative estimate of drug-likeness (QED) is 0.942. The normalized spacial score (nSPS) is 10.0. The van der Waals surface area contributed by atoms with Crippen molar-refractivity contribution < 1.29 is 14.3 Å². The van der Waals surface area contributed by atoms with Gasteiger partial charge in [0.05, 0.1) is 26.1 Å². The molecule has 0 fully saturated rings. The Bertz CT molecular complexity index is 673. The molecule has 0 saturated carbocycles. The molecule has 6 nitrogen and oxygen atoms in total. The summed E-state index contributed by atoms with van der Waals surface area (Å²) in [5, 5.41) is 2.77. The lowest BCUT2D eigenvalue weighted by Crippen LogP contribution is -2.31. The van der Waals surface area contributed by atoms with Crippen LogP contribution in [0.3, 0.4) is 0 Å². The van der Waals surface area contributed by atoms with Gasteiger partial charge in [-0.05, 0) is 24.6 Å². The molecule has 1 heterocycles. The average molecular weight is 301 g/mol. The maximum Gasteiger partial charge on any atom is 0.326 e. The van der Waals surface area contributed by atoms with Crippen LogP contribution in [0.25, 0.3) is 0 Å². The molecule has 0 spiro atoms. The second-order valence-corrected chi connectivity index (χ2v) is 4.76. The van der Waals surface area contributed by atoms with Crippen molar-refractivity contribution in [2.45, 2.75) is 6.92 Å². The lowest BCUT2D eigenvalue weighted by molar-refractivity contribution is 0.258. The van der Waals surface area contributed by atoms with Crippen molar-refractivity contribution in [3.63, 3.8) is 0 Å². The molecule has 22 heavy (non-hydrogen) atoms. The van der Waals surface area contributed by atoms with Crippen LogP contribution in [-0.2, 0) is 0 Å². The van der Waals surface area contributed by atoms with Crippen molar-refractivity contribution in [1.29, 1.82) is 0 Å². The number of pyridine rings is 1. The summed E-state index contributed by atoms with van der Waals surface area (Å²) in [4.78, 5) is 17.9. The zero-order valence-corrected chi connectivity index (χ0v) is 13.1. The number of carbonyl (C=O) groups is 1. The van der Waals surface area contributed by atoms with Crippen LogP contribution in [-0.4, -0.2) is 32.3 Å². The van der Waals surface area contributed by atoms with Gasteiger partial charge in [-0.2, -0.15) is 0 Å². The lowest BCUT2D eigenvalue weighted by atomic mass is 10.2. The fraction of sp³-hybridized carbons (Fsp3) is 0.250. The van der Waals surface area contributed by atoms with Crippen molar-refractivity contribution in [2.75, 3.05) is 31.5 Å². The first-order valence-electron chi connectivity index (χ1n) is 6.74. The maximum atomic E-state index is 12.3. The number of methoxy groups -OCH3 is 2. The fourth-order valence-corrected chi connectivity index (χ4v) is 1.96. The van der Waals surface area contributed by atoms with Gasteiger partial charge in [0.1, 0.15) is 0 Å². The number of carbonyl (C=O) groups excluding carboxylic acids is 1. The van der Waals surface area contributed by atoms with E-state index in [0.717, 1.165) is 11.3 Å². The Hall–Kier alpha value is -2.76. The largest absolute Gasteiger partial charge is 0.491 e. The fourth-order valence-electron chi connectivity index (χ4n) is 1.96. The first kappa shape index (κ1) is 15.6. The SMILES string of the molecule is COc1cc(NC(=O)N(C)c2cccc(C)c2)cnc1OC. The van der Waals surface area contributed by atoms with Crippen LogP contribution in [0.4, 0.5) is 16.2 Å². The molecule has 2 amide bonds. The van der Waals surface area contributed by atoms with Gasteiger partial charge in [-0.25, -0.2) is 9.78 Å². The van der Waals surface area contributed by atoms with Crippen molar-refractivity contribution in [3.05, 3.63) is 42.1 Å². The minimum atomic E-state index is -0.264. The third-order valence-electron chi connectivity index (χ3n) is 3.18. The molecule has 116 valence electrons. The van der Waals surface area contributed by atoms with E-state index in [1.165, 1.54) is 25.3 Å². The molecule has 0 saturated heterocycles. The van der Waals surface area contributed by atoms with Crippen molar-refractivity contribution in [2.24, 2.45) is 0 Å². The second-order valence-electron chi connectivity index (χ2n) is 4.76. The van der Waals surface area contributed by atoms with Gasteiger partial charge in [-0.3, -0.25) is 4.90 Å². The van der Waals surface area contributed by atoms with Crippen LogP contribution in [0.5, 0.6) is 11.6 Å². The standard InChI is InChI=1S/C16H19N3O3/c1-11-6-5-7-13(8-11)19(2)16(20)18-12-9-14(21-3)15(22-4)17-10-12/h5-10H,1-4H3,(H,18,20). The first-order chi connectivity index (χ1) is 10.5. The predicted octanol–water partition coefficient (Wildman–Crippen LogP) is 3.08. The summed E-state index contributed by atoms with van der Waals surface area (Å²) in [6.45, 7) is 1.98. The molecule has 0 atom stereocenters. The summed E-state index contributed by atoms with van der Waals surface area (Å²) in [5.74, 6) is 0.825. The van der Waals surface area contributed by atoms with Gasteiger partial charge in [-0.15, -0.1) is 0 Å². The number of ether oxygens (including phenoxy) is 2. The minimum absolute atomic E-state index is 0.264. The van der Waals surface area contributed by atoms with E-state index in [1.54, 1.807) is 13.1 Å². The summed E-state index contributed by atoms with van der Waals surface area (Å²) >= 11 is 0. The van der Waals surface area contributed by atoms with Crippen molar-refractivity contribution >= 4 is 17.4 Å². The molecule has 1 aromatic carbocycles. The number of benzene rings is 1. The molecule has 0 bridgehead atoms. The number of anilines is 2. The Morgan fingerprint density at radius 2 is 2.00 bits per heavy atom. The Morgan fingerprint density at radius 1 is 1.23 bits per heavy atom. The molecule has 2 aromatic rings. The third-order valence-corrected chi connectivity index (χ3v) is 3.18. The van der Waals surface area contributed by atoms with Crippen LogP contribution >= 0.6 is 0 Å². The van der Waals surface area contributed by atoms with E-state index in [9.17, 15) is 4.79 Å². The highest BCUT2D eigenvalue weighted by atomic mass is 16.5. The molecule has 0 aliphatic heterocycles. The summed E-state index contributed by atoms with van der Waals surface area (Å²) < 4.78 is 10.2. The molecule has 6 heteroatoms. The van der Waals surface area contributed by atoms with E-state index in [4.69, 9.17) is 9.47 Å². The number of nitrogens with zero attached hydrogens (tertiary/aromatic N) is 2. The van der Waals surface area contributed by atoms with Gasteiger partial charge in [0.25, 0.3) is 5.88 Å². The number of amides is 2. The minimum Gasteiger partial charge on any atom is -0.491 e. The number of hydrogen-bond acceptors (Lipinski definition) is 4. The van der Waals surface area contributed by atoms with Crippen LogP contribution in [0, 0.1) is 6.92 Å². The van der Waals surface area contributed by atoms with Crippen LogP contribution in [0.1, 0.15) is 5.56 Å². The molecular formula is C16H19N3O3. The van der Waals surface area contributed by atoms with Gasteiger partial charge >= 0.3 is 6.03 Å². The summed E-state index contributed by atoms with van der Waals surface area (Å²) in [6, 6.07) is 9.10. The summed E-state index contributed by atoms with van der Waals surface area (Å²) in [7, 11) is 4.73. The van der Waals surface area contributed by atoms with Crippen LogP contribution in [0.2, 0.25) is 0 Å². The maximum absolute atomic E-state index is 12.3. The third kappa shape index (κ3) is 3.46. The van der Waals surface area contributed by atoms with E-state index in [-0.39, 0.29) is 6.03 Å². The Kier molecular flexibility index (Phi) is 4.83. The molecule has 0 unspecified atom stereocenters. The monoisotopic (exact) mass is 301 g/mol. The van der Waals surface area contributed by atoms with Crippen LogP contribution < -0.4 is 19.7 Å². The zero-order valence-electron chi connectivity index (χ0n) is 13.1. The predicted molar refractivity (Wildman–Crippen MR) is 85.9 cm³/mol. The first-order valence-corrected chi connectivity index (χ1v) is 6.74. The summed E-state index contributed by atoms with van der Waals surface area (Å²) in [5.41, 5.74) is 2.43. The molecule has 2 rings (SSSR count). The van der Waals surface area contributed by atoms with Crippen molar-refractivity contribution in [3.8, 4) is 11.6 Å². The number of hydrogen-bond donors (Lipinski definition) is 1. The molecule has 1 N–H and O–H groups in total. The highest BCUT2D eigenvalue weighted by molar-refractivity contribution is 6.01. The van der Waals surface area contributed by atoms with E-state index >= 15 is 0 Å². The van der Waals surface area contributed by atoms with Gasteiger partial charge in [0.2, 0.25) is 0 Å². The Labute approximate surface area is 129 Å². The molecule has 0 radical (unpaired) electrons. The Morgan fingerprint density at radius 3 is 2.64 bits per heavy atom. The van der Waals surface area contributed by atoms with E-state index in [0.29, 0.717) is 17.3 Å². The number of aryl methyl sites for hydroxylation is 1. The highest BCUT2D eigenvalue weighted by Crippen LogP contribution is 2.27. The van der Waals surface area contributed by atoms with E-state index in [1.807, 2.05) is 31.2 Å². The zero-order chi connectivity index (χ0) is 16.1. The van der Waals surface area contributed by atoms with Gasteiger partial charge in [0.15, 0.2) is 5.75 Å². The van der Waals surface area contributed by atoms with Gasteiger partial charge in [0, 0.05) is 18.8 Å². The van der Waals surface area contributed by atoms with Gasteiger partial charge < -0.3 is 14.8 Å². The van der Waals surface area contributed by atoms with Gasteiger partial charge in [-0.1, -0.05) is 12.1 Å². The number of nitrogens with one attached hydrogen (secondary N) is 1. The Balaban J connectivity index is 2.14. The summed E-state index contributed by atoms with van der Waals surface area (Å²) in [6.07, 6.45) is 1.52. The number of rotatable bonds is 4. The number of urea groups is 1. The molecular weight excluding hydrogens is 282 g/mol. The highest BCUT2D eigenvalue weighted by Gasteiger charge is 2.13. The lowest BCUT2D eigenvalue weighted by Gasteiger charge is -2.19. The second kappa shape index (κ2) is 6.80. The van der Waals surface area contributed by atoms with Crippen LogP contribution in [0.15, 0.2) is 36.5 Å². The topological polar surface area (TPSA) is 63.7 Å². The number of aromatic nitrogens is 1. The smallest absolute Gasteiger partial charge is 0.326 e.